The molecule has 1 aliphatic rings. The number of rotatable bonds is 6. The van der Waals surface area contributed by atoms with Crippen molar-refractivity contribution in [1.82, 2.24) is 24.4 Å². The number of imidazole rings is 2. The molecule has 142 valence electrons. The molecule has 7 nitrogen and oxygen atoms in total. The average molecular weight is 367 g/mol. The lowest BCUT2D eigenvalue weighted by molar-refractivity contribution is -0.144. The van der Waals surface area contributed by atoms with Gasteiger partial charge in [0.2, 0.25) is 0 Å². The molecule has 0 amide bonds. The Morgan fingerprint density at radius 3 is 2.96 bits per heavy atom. The molecule has 2 aromatic heterocycles. The van der Waals surface area contributed by atoms with E-state index in [4.69, 9.17) is 4.98 Å². The maximum atomic E-state index is 11.9. The number of H-pyrrole nitrogens is 1. The van der Waals surface area contributed by atoms with Crippen LogP contribution in [0.3, 0.4) is 0 Å². The van der Waals surface area contributed by atoms with Crippen LogP contribution in [0.1, 0.15) is 37.5 Å². The van der Waals surface area contributed by atoms with E-state index in [0.29, 0.717) is 25.4 Å². The van der Waals surface area contributed by atoms with Crippen LogP contribution in [-0.4, -0.2) is 41.5 Å². The molecule has 0 bridgehead atoms. The number of benzene rings is 1. The zero-order chi connectivity index (χ0) is 19.0. The molecule has 3 heterocycles. The number of aryl methyl sites for hydroxylation is 1. The lowest BCUT2D eigenvalue weighted by Crippen LogP contribution is -2.45. The summed E-state index contributed by atoms with van der Waals surface area (Å²) in [5, 5.41) is 9.73. The number of carbonyl (C=O) groups is 1. The molecule has 1 aliphatic heterocycles. The second-order valence-corrected chi connectivity index (χ2v) is 7.64. The number of fused-ring (bicyclic) bond motifs is 2. The van der Waals surface area contributed by atoms with Crippen molar-refractivity contribution in [2.24, 2.45) is 5.92 Å². The number of aliphatic carboxylic acids is 1. The normalized spacial score (nSPS) is 17.5. The van der Waals surface area contributed by atoms with E-state index in [1.54, 1.807) is 6.33 Å². The van der Waals surface area contributed by atoms with Crippen LogP contribution >= 0.6 is 0 Å². The van der Waals surface area contributed by atoms with Gasteiger partial charge < -0.3 is 14.7 Å². The monoisotopic (exact) mass is 367 g/mol. The van der Waals surface area contributed by atoms with E-state index in [1.807, 2.05) is 23.1 Å². The van der Waals surface area contributed by atoms with E-state index in [0.717, 1.165) is 41.2 Å². The molecule has 0 radical (unpaired) electrons. The summed E-state index contributed by atoms with van der Waals surface area (Å²) in [5.41, 5.74) is 3.92. The zero-order valence-electron chi connectivity index (χ0n) is 15.7. The van der Waals surface area contributed by atoms with Crippen LogP contribution in [0.25, 0.3) is 11.0 Å². The fourth-order valence-electron chi connectivity index (χ4n) is 3.76. The van der Waals surface area contributed by atoms with Gasteiger partial charge in [-0.2, -0.15) is 0 Å². The van der Waals surface area contributed by atoms with Crippen LogP contribution in [0.2, 0.25) is 0 Å². The number of carboxylic acid groups (broad SMARTS) is 1. The number of aromatic amines is 1. The summed E-state index contributed by atoms with van der Waals surface area (Å²) in [7, 11) is 0. The van der Waals surface area contributed by atoms with Crippen LogP contribution in [0.15, 0.2) is 30.6 Å². The fraction of sp³-hybridized carbons (Fsp3) is 0.450. The van der Waals surface area contributed by atoms with Crippen molar-refractivity contribution in [3.05, 3.63) is 47.8 Å². The minimum Gasteiger partial charge on any atom is -0.480 e. The van der Waals surface area contributed by atoms with Gasteiger partial charge in [-0.15, -0.1) is 0 Å². The lowest BCUT2D eigenvalue weighted by Gasteiger charge is -2.32. The average Bonchev–Trinajstić information content (AvgIpc) is 3.22. The van der Waals surface area contributed by atoms with Crippen molar-refractivity contribution < 1.29 is 9.90 Å². The lowest BCUT2D eigenvalue weighted by atomic mass is 10.0. The smallest absolute Gasteiger partial charge is 0.321 e. The van der Waals surface area contributed by atoms with Gasteiger partial charge in [0.05, 0.1) is 35.3 Å². The van der Waals surface area contributed by atoms with Gasteiger partial charge in [-0.1, -0.05) is 26.0 Å². The molecule has 1 aromatic carbocycles. The standard InChI is InChI=1S/C20H25N5O2/c1-13(2)7-8-25-17-6-4-3-5-14(17)23-19(25)11-24-10-16-15(21-12-22-16)9-18(24)20(26)27/h3-6,12-13,18H,7-11H2,1-2H3,(H,21,22)(H,26,27)/t18-/m1/s1. The van der Waals surface area contributed by atoms with Gasteiger partial charge in [0.15, 0.2) is 0 Å². The first-order valence-corrected chi connectivity index (χ1v) is 9.45. The molecule has 3 aromatic rings. The van der Waals surface area contributed by atoms with Crippen LogP contribution in [0, 0.1) is 5.92 Å². The topological polar surface area (TPSA) is 87.0 Å². The summed E-state index contributed by atoms with van der Waals surface area (Å²) in [4.78, 5) is 26.1. The van der Waals surface area contributed by atoms with Crippen molar-refractivity contribution >= 4 is 17.0 Å². The predicted octanol–water partition coefficient (Wildman–Crippen LogP) is 2.82. The van der Waals surface area contributed by atoms with Crippen molar-refractivity contribution in [1.29, 1.82) is 0 Å². The minimum absolute atomic E-state index is 0.417. The van der Waals surface area contributed by atoms with Crippen molar-refractivity contribution in [3.63, 3.8) is 0 Å². The molecule has 1 atom stereocenters. The Bertz CT molecular complexity index is 958. The van der Waals surface area contributed by atoms with Gasteiger partial charge >= 0.3 is 5.97 Å². The summed E-state index contributed by atoms with van der Waals surface area (Å²) in [6, 6.07) is 7.53. The first-order chi connectivity index (χ1) is 13.0. The summed E-state index contributed by atoms with van der Waals surface area (Å²) in [6.07, 6.45) is 3.12. The highest BCUT2D eigenvalue weighted by atomic mass is 16.4. The number of nitrogens with one attached hydrogen (secondary N) is 1. The molecular weight excluding hydrogens is 342 g/mol. The fourth-order valence-corrected chi connectivity index (χ4v) is 3.76. The van der Waals surface area contributed by atoms with E-state index < -0.39 is 12.0 Å². The molecule has 0 unspecified atom stereocenters. The number of hydrogen-bond acceptors (Lipinski definition) is 4. The van der Waals surface area contributed by atoms with E-state index in [9.17, 15) is 9.90 Å². The van der Waals surface area contributed by atoms with Crippen LogP contribution in [0.4, 0.5) is 0 Å². The molecule has 4 rings (SSSR count). The Morgan fingerprint density at radius 1 is 1.37 bits per heavy atom. The Labute approximate surface area is 158 Å². The van der Waals surface area contributed by atoms with Gasteiger partial charge in [-0.25, -0.2) is 9.97 Å². The minimum atomic E-state index is -0.812. The molecule has 0 spiro atoms. The Morgan fingerprint density at radius 2 is 2.19 bits per heavy atom. The van der Waals surface area contributed by atoms with Crippen LogP contribution in [-0.2, 0) is 30.8 Å². The first-order valence-electron chi connectivity index (χ1n) is 9.45. The quantitative estimate of drug-likeness (QED) is 0.700. The SMILES string of the molecule is CC(C)CCn1c(CN2Cc3[nH]cnc3C[C@@H]2C(=O)O)nc2ccccc21. The maximum Gasteiger partial charge on any atom is 0.321 e. The Kier molecular flexibility index (Phi) is 4.70. The molecule has 2 N–H and O–H groups in total. The van der Waals surface area contributed by atoms with Crippen LogP contribution < -0.4 is 0 Å². The van der Waals surface area contributed by atoms with Crippen LogP contribution in [0.5, 0.6) is 0 Å². The van der Waals surface area contributed by atoms with Gasteiger partial charge in [-0.3, -0.25) is 9.69 Å². The van der Waals surface area contributed by atoms with Crippen molar-refractivity contribution in [3.8, 4) is 0 Å². The number of carboxylic acids is 1. The Balaban J connectivity index is 1.67. The third kappa shape index (κ3) is 3.47. The maximum absolute atomic E-state index is 11.9. The van der Waals surface area contributed by atoms with Gasteiger partial charge in [-0.05, 0) is 24.5 Å². The third-order valence-corrected chi connectivity index (χ3v) is 5.29. The molecule has 27 heavy (non-hydrogen) atoms. The zero-order valence-corrected chi connectivity index (χ0v) is 15.7. The second kappa shape index (κ2) is 7.15. The van der Waals surface area contributed by atoms with Crippen molar-refractivity contribution in [2.75, 3.05) is 0 Å². The number of para-hydroxylation sites is 2. The molecule has 0 saturated carbocycles. The van der Waals surface area contributed by atoms with Crippen molar-refractivity contribution in [2.45, 2.75) is 52.4 Å². The largest absolute Gasteiger partial charge is 0.480 e. The van der Waals surface area contributed by atoms with E-state index in [-0.39, 0.29) is 0 Å². The molecule has 0 saturated heterocycles. The highest BCUT2D eigenvalue weighted by molar-refractivity contribution is 5.76. The van der Waals surface area contributed by atoms with E-state index in [1.165, 1.54) is 0 Å². The van der Waals surface area contributed by atoms with Gasteiger partial charge in [0, 0.05) is 19.5 Å². The highest BCUT2D eigenvalue weighted by Crippen LogP contribution is 2.25. The first kappa shape index (κ1) is 17.7. The van der Waals surface area contributed by atoms with E-state index in [2.05, 4.69) is 34.4 Å². The van der Waals surface area contributed by atoms with E-state index >= 15 is 0 Å². The molecule has 7 heteroatoms. The number of hydrogen-bond donors (Lipinski definition) is 2. The Hall–Kier alpha value is -2.67. The summed E-state index contributed by atoms with van der Waals surface area (Å²) < 4.78 is 2.25. The highest BCUT2D eigenvalue weighted by Gasteiger charge is 2.33. The van der Waals surface area contributed by atoms with Gasteiger partial charge in [0.1, 0.15) is 11.9 Å². The second-order valence-electron chi connectivity index (χ2n) is 7.64. The summed E-state index contributed by atoms with van der Waals surface area (Å²) in [6.45, 7) is 6.35. The summed E-state index contributed by atoms with van der Waals surface area (Å²) >= 11 is 0. The third-order valence-electron chi connectivity index (χ3n) is 5.29. The predicted molar refractivity (Wildman–Crippen MR) is 102 cm³/mol. The number of aromatic nitrogens is 4. The van der Waals surface area contributed by atoms with Gasteiger partial charge in [0.25, 0.3) is 0 Å². The molecule has 0 fully saturated rings. The number of nitrogens with zero attached hydrogens (tertiary/aromatic N) is 4. The molecule has 0 aliphatic carbocycles. The summed E-state index contributed by atoms with van der Waals surface area (Å²) in [5.74, 6) is 0.702. The molecular formula is C20H25N5O2.